The fourth-order valence-corrected chi connectivity index (χ4v) is 5.84. The summed E-state index contributed by atoms with van der Waals surface area (Å²) in [4.78, 5) is 11.6. The first-order chi connectivity index (χ1) is 19.9. The molecule has 0 bridgehead atoms. The molecule has 2 aliphatic rings. The molecule has 0 spiro atoms. The summed E-state index contributed by atoms with van der Waals surface area (Å²) in [6.45, 7) is 11.6. The Morgan fingerprint density at radius 1 is 1.00 bits per heavy atom. The molecule has 41 heavy (non-hydrogen) atoms. The highest BCUT2D eigenvalue weighted by molar-refractivity contribution is 5.96. The number of aromatic nitrogens is 2. The van der Waals surface area contributed by atoms with Crippen LogP contribution in [0.25, 0.3) is 22.5 Å². The van der Waals surface area contributed by atoms with Crippen LogP contribution in [0, 0.1) is 12.8 Å². The SMILES string of the molecule is CC1=C(c2cccc(-c3ncc(C)cn3)c2)C(c2ccc(OCC(C)N3CCC(C)C3)cc2)Oc2ccc(O)cc21. The standard InChI is InChI=1S/C35H37N3O3/c1-22-14-15-38(20-22)24(3)21-40-30-11-8-26(9-12-30)34-33(25(4)31-17-29(39)10-13-32(31)41-34)27-6-5-7-28(16-27)35-36-18-23(2)19-37-35/h5-13,16-19,22,24,34,39H,14-15,20-21H2,1-4H3. The monoisotopic (exact) mass is 547 g/mol. The van der Waals surface area contributed by atoms with Crippen molar-refractivity contribution in [1.29, 1.82) is 0 Å². The van der Waals surface area contributed by atoms with E-state index in [4.69, 9.17) is 9.47 Å². The van der Waals surface area contributed by atoms with E-state index >= 15 is 0 Å². The minimum Gasteiger partial charge on any atom is -0.508 e. The first-order valence-electron chi connectivity index (χ1n) is 14.4. The van der Waals surface area contributed by atoms with E-state index < -0.39 is 0 Å². The van der Waals surface area contributed by atoms with Crippen molar-refractivity contribution in [2.75, 3.05) is 19.7 Å². The number of likely N-dealkylation sites (tertiary alicyclic amines) is 1. The van der Waals surface area contributed by atoms with Gasteiger partial charge < -0.3 is 14.6 Å². The largest absolute Gasteiger partial charge is 0.508 e. The van der Waals surface area contributed by atoms with Gasteiger partial charge in [0.15, 0.2) is 5.82 Å². The molecule has 1 aromatic heterocycles. The fraction of sp³-hybridized carbons (Fsp3) is 0.314. The Balaban J connectivity index is 1.31. The summed E-state index contributed by atoms with van der Waals surface area (Å²) in [6.07, 6.45) is 4.60. The van der Waals surface area contributed by atoms with Crippen LogP contribution in [-0.4, -0.2) is 45.7 Å². The van der Waals surface area contributed by atoms with Gasteiger partial charge in [0, 0.05) is 41.7 Å². The van der Waals surface area contributed by atoms with Crippen LogP contribution >= 0.6 is 0 Å². The van der Waals surface area contributed by atoms with Crippen molar-refractivity contribution < 1.29 is 14.6 Å². The number of allylic oxidation sites excluding steroid dienone is 1. The molecular weight excluding hydrogens is 510 g/mol. The molecule has 0 saturated carbocycles. The van der Waals surface area contributed by atoms with E-state index in [9.17, 15) is 5.11 Å². The van der Waals surface area contributed by atoms with Crippen molar-refractivity contribution in [3.8, 4) is 28.6 Å². The number of hydrogen-bond acceptors (Lipinski definition) is 6. The van der Waals surface area contributed by atoms with E-state index in [0.717, 1.165) is 69.5 Å². The smallest absolute Gasteiger partial charge is 0.159 e. The number of nitrogens with zero attached hydrogens (tertiary/aromatic N) is 3. The first-order valence-corrected chi connectivity index (χ1v) is 14.4. The third kappa shape index (κ3) is 5.70. The van der Waals surface area contributed by atoms with Gasteiger partial charge in [0.1, 0.15) is 30.0 Å². The quantitative estimate of drug-likeness (QED) is 0.261. The lowest BCUT2D eigenvalue weighted by Crippen LogP contribution is -2.35. The third-order valence-electron chi connectivity index (χ3n) is 8.24. The zero-order valence-corrected chi connectivity index (χ0v) is 24.2. The lowest BCUT2D eigenvalue weighted by Gasteiger charge is -2.31. The zero-order valence-electron chi connectivity index (χ0n) is 24.2. The number of rotatable bonds is 7. The van der Waals surface area contributed by atoms with Crippen molar-refractivity contribution in [3.05, 3.63) is 101 Å². The molecule has 0 aliphatic carbocycles. The molecule has 3 atom stereocenters. The van der Waals surface area contributed by atoms with Crippen LogP contribution in [0.15, 0.2) is 79.1 Å². The maximum atomic E-state index is 10.3. The lowest BCUT2D eigenvalue weighted by atomic mass is 9.85. The molecule has 6 rings (SSSR count). The summed E-state index contributed by atoms with van der Waals surface area (Å²) in [7, 11) is 0. The number of aryl methyl sites for hydroxylation is 1. The second-order valence-corrected chi connectivity index (χ2v) is 11.5. The van der Waals surface area contributed by atoms with Crippen LogP contribution in [0.4, 0.5) is 0 Å². The number of hydrogen-bond donors (Lipinski definition) is 1. The molecule has 1 fully saturated rings. The molecule has 210 valence electrons. The molecule has 0 radical (unpaired) electrons. The van der Waals surface area contributed by atoms with E-state index in [1.807, 2.05) is 49.6 Å². The molecule has 4 aromatic rings. The van der Waals surface area contributed by atoms with E-state index in [2.05, 4.69) is 59.9 Å². The van der Waals surface area contributed by atoms with E-state index in [-0.39, 0.29) is 11.9 Å². The molecule has 2 aliphatic heterocycles. The number of aromatic hydroxyl groups is 1. The molecule has 6 nitrogen and oxygen atoms in total. The third-order valence-corrected chi connectivity index (χ3v) is 8.24. The van der Waals surface area contributed by atoms with Crippen LogP contribution in [0.1, 0.15) is 55.5 Å². The van der Waals surface area contributed by atoms with E-state index in [1.54, 1.807) is 12.1 Å². The number of benzene rings is 3. The summed E-state index contributed by atoms with van der Waals surface area (Å²) >= 11 is 0. The predicted octanol–water partition coefficient (Wildman–Crippen LogP) is 7.33. The lowest BCUT2D eigenvalue weighted by molar-refractivity contribution is 0.169. The maximum Gasteiger partial charge on any atom is 0.159 e. The number of phenols is 1. The van der Waals surface area contributed by atoms with Crippen LogP contribution < -0.4 is 9.47 Å². The highest BCUT2D eigenvalue weighted by Crippen LogP contribution is 2.47. The van der Waals surface area contributed by atoms with Gasteiger partial charge in [-0.15, -0.1) is 0 Å². The molecule has 3 heterocycles. The second-order valence-electron chi connectivity index (χ2n) is 11.5. The molecule has 6 heteroatoms. The summed E-state index contributed by atoms with van der Waals surface area (Å²) in [6, 6.07) is 22.2. The minimum atomic E-state index is -0.333. The normalized spacial score (nSPS) is 19.5. The van der Waals surface area contributed by atoms with Crippen LogP contribution in [-0.2, 0) is 0 Å². The summed E-state index contributed by atoms with van der Waals surface area (Å²) in [5.41, 5.74) is 7.01. The van der Waals surface area contributed by atoms with Crippen molar-refractivity contribution in [2.24, 2.45) is 5.92 Å². The molecular formula is C35H37N3O3. The van der Waals surface area contributed by atoms with Gasteiger partial charge >= 0.3 is 0 Å². The van der Waals surface area contributed by atoms with Crippen molar-refractivity contribution in [2.45, 2.75) is 46.3 Å². The topological polar surface area (TPSA) is 67.7 Å². The molecule has 3 unspecified atom stereocenters. The molecule has 3 aromatic carbocycles. The van der Waals surface area contributed by atoms with E-state index in [0.29, 0.717) is 18.5 Å². The minimum absolute atomic E-state index is 0.213. The van der Waals surface area contributed by atoms with Crippen LogP contribution in [0.5, 0.6) is 17.2 Å². The Morgan fingerprint density at radius 3 is 2.49 bits per heavy atom. The van der Waals surface area contributed by atoms with Crippen molar-refractivity contribution in [3.63, 3.8) is 0 Å². The first kappa shape index (κ1) is 27.0. The summed E-state index contributed by atoms with van der Waals surface area (Å²) in [5.74, 6) is 3.26. The molecule has 1 N–H and O–H groups in total. The Kier molecular flexibility index (Phi) is 7.50. The van der Waals surface area contributed by atoms with E-state index in [1.165, 1.54) is 6.42 Å². The summed E-state index contributed by atoms with van der Waals surface area (Å²) < 4.78 is 12.8. The molecule has 0 amide bonds. The van der Waals surface area contributed by atoms with Crippen LogP contribution in [0.3, 0.4) is 0 Å². The Labute approximate surface area is 242 Å². The van der Waals surface area contributed by atoms with Gasteiger partial charge in [0.2, 0.25) is 0 Å². The Hall–Kier alpha value is -4.16. The van der Waals surface area contributed by atoms with Gasteiger partial charge in [-0.05, 0) is 98.3 Å². The molecule has 1 saturated heterocycles. The van der Waals surface area contributed by atoms with Crippen LogP contribution in [0.2, 0.25) is 0 Å². The predicted molar refractivity (Wildman–Crippen MR) is 163 cm³/mol. The van der Waals surface area contributed by atoms with Crippen molar-refractivity contribution in [1.82, 2.24) is 14.9 Å². The average Bonchev–Trinajstić information content (AvgIpc) is 3.43. The fourth-order valence-electron chi connectivity index (χ4n) is 5.84. The second kappa shape index (κ2) is 11.4. The van der Waals surface area contributed by atoms with Gasteiger partial charge in [-0.25, -0.2) is 9.97 Å². The van der Waals surface area contributed by atoms with Crippen molar-refractivity contribution >= 4 is 11.1 Å². The number of phenolic OH excluding ortho intramolecular Hbond substituents is 1. The maximum absolute atomic E-state index is 10.3. The van der Waals surface area contributed by atoms with Gasteiger partial charge in [-0.3, -0.25) is 4.90 Å². The Bertz CT molecular complexity index is 1560. The average molecular weight is 548 g/mol. The Morgan fingerprint density at radius 2 is 1.76 bits per heavy atom. The summed E-state index contributed by atoms with van der Waals surface area (Å²) in [5, 5.41) is 10.3. The number of fused-ring (bicyclic) bond motifs is 1. The zero-order chi connectivity index (χ0) is 28.5. The van der Waals surface area contributed by atoms with Gasteiger partial charge in [-0.2, -0.15) is 0 Å². The van der Waals surface area contributed by atoms with Gasteiger partial charge in [-0.1, -0.05) is 37.3 Å². The van der Waals surface area contributed by atoms with Gasteiger partial charge in [0.05, 0.1) is 0 Å². The highest BCUT2D eigenvalue weighted by Gasteiger charge is 2.30. The highest BCUT2D eigenvalue weighted by atomic mass is 16.5. The number of ether oxygens (including phenoxy) is 2. The van der Waals surface area contributed by atoms with Gasteiger partial charge in [0.25, 0.3) is 0 Å².